The Kier molecular flexibility index (Phi) is 15.9. The van der Waals surface area contributed by atoms with Crippen LogP contribution in [-0.4, -0.2) is 163 Å². The number of hydrogen-bond acceptors (Lipinski definition) is 18. The molecule has 6 N–H and O–H groups in total. The van der Waals surface area contributed by atoms with Gasteiger partial charge in [0, 0.05) is 89.1 Å². The normalized spacial score (nSPS) is 14.1. The Hall–Kier alpha value is -9.12. The molecule has 3 aliphatic rings. The minimum absolute atomic E-state index is 0.00345. The fraction of sp³-hybridized carbons (Fsp3) is 0.333. The minimum atomic E-state index is -0.549. The van der Waals surface area contributed by atoms with Gasteiger partial charge in [0.2, 0.25) is 23.6 Å². The summed E-state index contributed by atoms with van der Waals surface area (Å²) in [5, 5.41) is 35.5. The molecular formula is C54H60N14O9. The number of aliphatic imine (C=N–C) groups is 2. The van der Waals surface area contributed by atoms with Crippen molar-refractivity contribution < 1.29 is 43.6 Å². The van der Waals surface area contributed by atoms with Gasteiger partial charge in [-0.3, -0.25) is 39.1 Å². The Morgan fingerprint density at radius 3 is 2.29 bits per heavy atom. The van der Waals surface area contributed by atoms with Crippen molar-refractivity contribution in [3.63, 3.8) is 0 Å². The summed E-state index contributed by atoms with van der Waals surface area (Å²) < 4.78 is 19.1. The van der Waals surface area contributed by atoms with Gasteiger partial charge in [-0.15, -0.1) is 10.2 Å². The van der Waals surface area contributed by atoms with E-state index < -0.39 is 17.9 Å². The first-order valence-corrected chi connectivity index (χ1v) is 25.2. The van der Waals surface area contributed by atoms with Crippen molar-refractivity contribution in [2.45, 2.75) is 46.1 Å². The Morgan fingerprint density at radius 2 is 1.58 bits per heavy atom. The van der Waals surface area contributed by atoms with Gasteiger partial charge in [-0.25, -0.2) is 19.8 Å². The Balaban J connectivity index is 0.729. The summed E-state index contributed by atoms with van der Waals surface area (Å²) in [6.45, 7) is 10.8. The molecule has 0 spiro atoms. The number of carbonyl (C=O) groups excluding carboxylic acids is 4. The van der Waals surface area contributed by atoms with E-state index in [1.165, 1.54) is 30.5 Å². The van der Waals surface area contributed by atoms with Crippen LogP contribution in [0.2, 0.25) is 0 Å². The van der Waals surface area contributed by atoms with Crippen molar-refractivity contribution >= 4 is 47.2 Å². The molecule has 23 nitrogen and oxygen atoms in total. The summed E-state index contributed by atoms with van der Waals surface area (Å²) in [6.07, 6.45) is 2.79. The number of carbonyl (C=O) groups is 4. The lowest BCUT2D eigenvalue weighted by Gasteiger charge is -2.35. The maximum Gasteiger partial charge on any atom is 0.414 e. The lowest BCUT2D eigenvalue weighted by Crippen LogP contribution is -2.48. The van der Waals surface area contributed by atoms with Crippen LogP contribution in [0.4, 0.5) is 16.4 Å². The zero-order valence-electron chi connectivity index (χ0n) is 43.4. The van der Waals surface area contributed by atoms with E-state index in [-0.39, 0.29) is 65.5 Å². The largest absolute Gasteiger partial charge is 0.508 e. The number of phenols is 2. The van der Waals surface area contributed by atoms with Gasteiger partial charge in [-0.05, 0) is 78.4 Å². The number of amidine groups is 1. The number of fused-ring (bicyclic) bond motifs is 3. The van der Waals surface area contributed by atoms with Crippen LogP contribution in [-0.2, 0) is 17.8 Å². The highest BCUT2D eigenvalue weighted by atomic mass is 16.6. The number of nitrogens with one attached hydrogen (secondary N) is 2. The summed E-state index contributed by atoms with van der Waals surface area (Å²) in [5.41, 5.74) is 10.4. The molecule has 4 amide bonds. The second kappa shape index (κ2) is 23.2. The molecule has 23 heteroatoms. The van der Waals surface area contributed by atoms with E-state index in [4.69, 9.17) is 24.9 Å². The van der Waals surface area contributed by atoms with Crippen molar-refractivity contribution in [2.24, 2.45) is 9.98 Å². The zero-order chi connectivity index (χ0) is 54.3. The summed E-state index contributed by atoms with van der Waals surface area (Å²) in [7, 11) is 3.15. The number of phenolic OH excluding ortho intramolecular Hbond substituents is 2. The van der Waals surface area contributed by atoms with Gasteiger partial charge in [-0.2, -0.15) is 0 Å². The monoisotopic (exact) mass is 1050 g/mol. The molecule has 0 unspecified atom stereocenters. The first-order valence-electron chi connectivity index (χ1n) is 25.2. The summed E-state index contributed by atoms with van der Waals surface area (Å²) >= 11 is 0. The van der Waals surface area contributed by atoms with Crippen LogP contribution in [0.25, 0.3) is 17.1 Å². The number of piperazine rings is 1. The molecule has 4 aromatic carbocycles. The standard InChI is InChI=1S/C54H60N14O9/c1-6-56-51(73)49-63-62-48(40-27-39(32(2)3)41(69)28-42(40)70)68(49)36-12-8-34(9-13-36)31-65-21-23-66(24-22-65)44(71)26-33-10-14-37(15-11-33)77-54(74)64(4)19-7-25-76-43-17-16-38-45(46(43)75-5)60-53(67-20-18-57-47(38)67)61-50(72)35-29-58-52(55)59-30-35/h8-17,27-30,32,69-70H,6-7,18-26,31H2,1-5H3,(H,56,73)(H2,55,58,59)(H,60,61,72). The molecule has 2 aromatic heterocycles. The maximum absolute atomic E-state index is 13.4. The number of hydrogen-bond donors (Lipinski definition) is 5. The van der Waals surface area contributed by atoms with Crippen LogP contribution in [0, 0.1) is 0 Å². The van der Waals surface area contributed by atoms with Crippen LogP contribution in [0.1, 0.15) is 76.3 Å². The van der Waals surface area contributed by atoms with Crippen molar-refractivity contribution in [3.8, 4) is 45.8 Å². The molecule has 0 saturated carbocycles. The number of guanidine groups is 1. The van der Waals surface area contributed by atoms with E-state index >= 15 is 0 Å². The molecule has 77 heavy (non-hydrogen) atoms. The second-order valence-corrected chi connectivity index (χ2v) is 18.8. The van der Waals surface area contributed by atoms with E-state index in [0.29, 0.717) is 111 Å². The molecular weight excluding hydrogens is 989 g/mol. The highest BCUT2D eigenvalue weighted by Gasteiger charge is 2.34. The van der Waals surface area contributed by atoms with Crippen LogP contribution in [0.15, 0.2) is 95.2 Å². The molecule has 6 aromatic rings. The van der Waals surface area contributed by atoms with Crippen LogP contribution >= 0.6 is 0 Å². The number of nitrogens with zero attached hydrogens (tertiary/aromatic N) is 11. The van der Waals surface area contributed by atoms with Crippen molar-refractivity contribution in [3.05, 3.63) is 119 Å². The SMILES string of the molecule is CCNC(=O)c1nnc(-c2cc(C(C)C)c(O)cc2O)n1-c1ccc(CN2CCN(C(=O)Cc3ccc(OC(=O)N(C)CCCOc4ccc5c(c4OC)N=C(NC(=O)c4cnc(N)nc4)N4CCN=C54)cc3)CC2)cc1. The highest BCUT2D eigenvalue weighted by Crippen LogP contribution is 2.43. The Morgan fingerprint density at radius 1 is 0.857 bits per heavy atom. The molecule has 0 aliphatic carbocycles. The first-order chi connectivity index (χ1) is 37.2. The number of aromatic nitrogens is 5. The zero-order valence-corrected chi connectivity index (χ0v) is 43.4. The number of anilines is 1. The average molecular weight is 1050 g/mol. The second-order valence-electron chi connectivity index (χ2n) is 18.8. The number of ether oxygens (including phenoxy) is 3. The summed E-state index contributed by atoms with van der Waals surface area (Å²) in [6, 6.07) is 21.2. The number of methoxy groups -OCH3 is 1. The lowest BCUT2D eigenvalue weighted by atomic mass is 9.98. The first kappa shape index (κ1) is 52.7. The van der Waals surface area contributed by atoms with Crippen LogP contribution in [0.5, 0.6) is 28.7 Å². The van der Waals surface area contributed by atoms with Gasteiger partial charge in [0.1, 0.15) is 28.8 Å². The topological polar surface area (TPSA) is 281 Å². The molecule has 400 valence electrons. The molecule has 1 saturated heterocycles. The molecule has 9 rings (SSSR count). The van der Waals surface area contributed by atoms with Gasteiger partial charge in [0.25, 0.3) is 11.8 Å². The predicted molar refractivity (Wildman–Crippen MR) is 285 cm³/mol. The van der Waals surface area contributed by atoms with Crippen molar-refractivity contribution in [2.75, 3.05) is 78.9 Å². The minimum Gasteiger partial charge on any atom is -0.508 e. The molecule has 1 fully saturated rings. The molecule has 0 bridgehead atoms. The van der Waals surface area contributed by atoms with Crippen molar-refractivity contribution in [1.29, 1.82) is 0 Å². The lowest BCUT2D eigenvalue weighted by molar-refractivity contribution is -0.132. The third-order valence-electron chi connectivity index (χ3n) is 13.2. The number of nitrogen functional groups attached to an aromatic ring is 1. The van der Waals surface area contributed by atoms with Gasteiger partial charge >= 0.3 is 6.09 Å². The van der Waals surface area contributed by atoms with Crippen LogP contribution in [0.3, 0.4) is 0 Å². The van der Waals surface area contributed by atoms with Gasteiger partial charge in [0.05, 0.1) is 37.8 Å². The Labute approximate surface area is 444 Å². The van der Waals surface area contributed by atoms with Crippen LogP contribution < -0.4 is 30.6 Å². The summed E-state index contributed by atoms with van der Waals surface area (Å²) in [5.74, 6) is 1.28. The van der Waals surface area contributed by atoms with E-state index in [0.717, 1.165) is 16.7 Å². The molecule has 0 radical (unpaired) electrons. The number of nitrogens with two attached hydrogens (primary N) is 1. The smallest absolute Gasteiger partial charge is 0.414 e. The molecule has 5 heterocycles. The Bertz CT molecular complexity index is 3230. The number of rotatable bonds is 17. The maximum atomic E-state index is 13.4. The summed E-state index contributed by atoms with van der Waals surface area (Å²) in [4.78, 5) is 77.3. The molecule has 3 aliphatic heterocycles. The predicted octanol–water partition coefficient (Wildman–Crippen LogP) is 4.88. The third kappa shape index (κ3) is 11.7. The average Bonchev–Trinajstić information content (AvgIpc) is 4.16. The quantitative estimate of drug-likeness (QED) is 0.0761. The fourth-order valence-corrected chi connectivity index (χ4v) is 9.13. The number of amides is 4. The van der Waals surface area contributed by atoms with E-state index in [2.05, 4.69) is 40.7 Å². The van der Waals surface area contributed by atoms with Gasteiger partial charge in [-0.1, -0.05) is 38.1 Å². The molecule has 0 atom stereocenters. The van der Waals surface area contributed by atoms with E-state index in [1.54, 1.807) is 48.0 Å². The van der Waals surface area contributed by atoms with Crippen molar-refractivity contribution in [1.82, 2.24) is 55.0 Å². The highest BCUT2D eigenvalue weighted by molar-refractivity contribution is 6.20. The fourth-order valence-electron chi connectivity index (χ4n) is 9.13. The van der Waals surface area contributed by atoms with E-state index in [1.807, 2.05) is 60.9 Å². The number of aromatic hydroxyl groups is 2. The van der Waals surface area contributed by atoms with Gasteiger partial charge in [0.15, 0.2) is 17.3 Å². The van der Waals surface area contributed by atoms with E-state index in [9.17, 15) is 29.4 Å². The number of benzene rings is 4. The van der Waals surface area contributed by atoms with Gasteiger partial charge < -0.3 is 45.3 Å². The third-order valence-corrected chi connectivity index (χ3v) is 13.2.